The molecule has 0 amide bonds. The van der Waals surface area contributed by atoms with Gasteiger partial charge in [-0.2, -0.15) is 10.2 Å². The molecule has 3 rings (SSSR count). The van der Waals surface area contributed by atoms with E-state index >= 15 is 0 Å². The minimum atomic E-state index is 0.697. The van der Waals surface area contributed by atoms with Crippen LogP contribution in [0.4, 0.5) is 0 Å². The van der Waals surface area contributed by atoms with Gasteiger partial charge in [-0.3, -0.25) is 5.43 Å². The molecular weight excluding hydrogens is 180 g/mol. The molecule has 0 aliphatic carbocycles. The molecule has 1 N–H and O–H groups in total. The normalized spacial score (nSPS) is 13.7. The van der Waals surface area contributed by atoms with E-state index in [1.165, 1.54) is 0 Å². The Balaban J connectivity index is 2.43. The first-order chi connectivity index (χ1) is 6.95. The molecule has 1 aliphatic heterocycles. The van der Waals surface area contributed by atoms with Crippen LogP contribution in [0.5, 0.6) is 0 Å². The zero-order chi connectivity index (χ0) is 9.38. The molecule has 6 heteroatoms. The lowest BCUT2D eigenvalue weighted by Crippen LogP contribution is -2.04. The van der Waals surface area contributed by atoms with E-state index in [-0.39, 0.29) is 0 Å². The van der Waals surface area contributed by atoms with E-state index < -0.39 is 0 Å². The summed E-state index contributed by atoms with van der Waals surface area (Å²) in [6.07, 6.45) is 6.89. The van der Waals surface area contributed by atoms with Gasteiger partial charge in [0.1, 0.15) is 5.69 Å². The van der Waals surface area contributed by atoms with Gasteiger partial charge in [-0.25, -0.2) is 4.52 Å². The third kappa shape index (κ3) is 0.905. The van der Waals surface area contributed by atoms with Crippen LogP contribution in [0, 0.1) is 0 Å². The molecule has 0 aromatic carbocycles. The average Bonchev–Trinajstić information content (AvgIpc) is 2.55. The molecule has 68 valence electrons. The number of hydrogen-bond acceptors (Lipinski definition) is 5. The fourth-order valence-electron chi connectivity index (χ4n) is 1.33. The second kappa shape index (κ2) is 2.63. The molecule has 0 saturated heterocycles. The topological polar surface area (TPSA) is 67.5 Å². The molecule has 6 nitrogen and oxygen atoms in total. The number of fused-ring (bicyclic) bond motifs is 3. The Bertz CT molecular complexity index is 538. The van der Waals surface area contributed by atoms with Gasteiger partial charge < -0.3 is 0 Å². The Labute approximate surface area is 79.0 Å². The van der Waals surface area contributed by atoms with Gasteiger partial charge in [0.05, 0.1) is 18.1 Å². The van der Waals surface area contributed by atoms with Crippen LogP contribution in [0.1, 0.15) is 11.4 Å². The molecule has 2 aromatic rings. The largest absolute Gasteiger partial charge is 0.286 e. The maximum Gasteiger partial charge on any atom is 0.177 e. The highest BCUT2D eigenvalue weighted by atomic mass is 15.3. The van der Waals surface area contributed by atoms with Gasteiger partial charge in [-0.1, -0.05) is 0 Å². The van der Waals surface area contributed by atoms with Crippen molar-refractivity contribution < 1.29 is 0 Å². The highest BCUT2D eigenvalue weighted by Crippen LogP contribution is 2.08. The highest BCUT2D eigenvalue weighted by Gasteiger charge is 2.07. The van der Waals surface area contributed by atoms with Crippen LogP contribution in [0.25, 0.3) is 11.7 Å². The van der Waals surface area contributed by atoms with Crippen molar-refractivity contribution in [3.63, 3.8) is 0 Å². The lowest BCUT2D eigenvalue weighted by molar-refractivity contribution is 0.873. The quantitative estimate of drug-likeness (QED) is 0.630. The Kier molecular flexibility index (Phi) is 1.35. The molecule has 0 atom stereocenters. The van der Waals surface area contributed by atoms with Gasteiger partial charge in [-0.05, 0) is 6.08 Å². The van der Waals surface area contributed by atoms with Crippen molar-refractivity contribution in [3.05, 3.63) is 29.9 Å². The Morgan fingerprint density at radius 2 is 2.29 bits per heavy atom. The molecule has 0 unspecified atom stereocenters. The average molecular weight is 186 g/mol. The predicted octanol–water partition coefficient (Wildman–Crippen LogP) is 0.0321. The molecule has 14 heavy (non-hydrogen) atoms. The number of hydrogen-bond donors (Lipinski definition) is 1. The van der Waals surface area contributed by atoms with E-state index in [1.807, 2.05) is 6.08 Å². The molecule has 3 heterocycles. The molecule has 0 fully saturated rings. The summed E-state index contributed by atoms with van der Waals surface area (Å²) in [7, 11) is 0. The number of aromatic nitrogens is 4. The van der Waals surface area contributed by atoms with Gasteiger partial charge in [0.15, 0.2) is 5.65 Å². The summed E-state index contributed by atoms with van der Waals surface area (Å²) in [5, 5.41) is 16.1. The van der Waals surface area contributed by atoms with Crippen molar-refractivity contribution in [1.29, 1.82) is 0 Å². The summed E-state index contributed by atoms with van der Waals surface area (Å²) >= 11 is 0. The van der Waals surface area contributed by atoms with Crippen molar-refractivity contribution in [1.82, 2.24) is 25.2 Å². The number of nitrogens with one attached hydrogen (secondary N) is 1. The minimum Gasteiger partial charge on any atom is -0.286 e. The third-order valence-corrected chi connectivity index (χ3v) is 1.95. The van der Waals surface area contributed by atoms with Crippen molar-refractivity contribution in [2.24, 2.45) is 5.10 Å². The number of hydrazone groups is 1. The van der Waals surface area contributed by atoms with Gasteiger partial charge >= 0.3 is 0 Å². The highest BCUT2D eigenvalue weighted by molar-refractivity contribution is 5.82. The fraction of sp³-hybridized carbons (Fsp3) is 0. The molecule has 0 saturated carbocycles. The van der Waals surface area contributed by atoms with E-state index in [0.717, 1.165) is 11.3 Å². The smallest absolute Gasteiger partial charge is 0.177 e. The van der Waals surface area contributed by atoms with E-state index in [1.54, 1.807) is 29.2 Å². The molecule has 0 radical (unpaired) electrons. The second-order valence-corrected chi connectivity index (χ2v) is 2.79. The van der Waals surface area contributed by atoms with Gasteiger partial charge in [0.2, 0.25) is 0 Å². The zero-order valence-electron chi connectivity index (χ0n) is 7.12. The molecule has 0 bridgehead atoms. The van der Waals surface area contributed by atoms with Gasteiger partial charge in [0.25, 0.3) is 0 Å². The third-order valence-electron chi connectivity index (χ3n) is 1.95. The predicted molar refractivity (Wildman–Crippen MR) is 50.5 cm³/mol. The SMILES string of the molecule is C1=Cc2c(nnc3ccnn23)C=NN1. The standard InChI is InChI=1S/C8H6N6/c1-3-9-10-5-6-7(1)14-8(13-12-6)2-4-11-14/h1-5,9H. The van der Waals surface area contributed by atoms with Gasteiger partial charge in [0, 0.05) is 12.3 Å². The van der Waals surface area contributed by atoms with Crippen molar-refractivity contribution in [3.8, 4) is 0 Å². The van der Waals surface area contributed by atoms with E-state index in [2.05, 4.69) is 25.8 Å². The van der Waals surface area contributed by atoms with Crippen LogP contribution in [-0.4, -0.2) is 26.0 Å². The van der Waals surface area contributed by atoms with Crippen molar-refractivity contribution in [2.45, 2.75) is 0 Å². The van der Waals surface area contributed by atoms with E-state index in [0.29, 0.717) is 5.69 Å². The van der Waals surface area contributed by atoms with E-state index in [9.17, 15) is 0 Å². The minimum absolute atomic E-state index is 0.697. The first-order valence-corrected chi connectivity index (χ1v) is 4.11. The summed E-state index contributed by atoms with van der Waals surface area (Å²) in [6.45, 7) is 0. The van der Waals surface area contributed by atoms with Crippen LogP contribution in [-0.2, 0) is 0 Å². The van der Waals surface area contributed by atoms with Crippen LogP contribution >= 0.6 is 0 Å². The Morgan fingerprint density at radius 1 is 1.29 bits per heavy atom. The van der Waals surface area contributed by atoms with Crippen LogP contribution < -0.4 is 5.43 Å². The first kappa shape index (κ1) is 7.19. The molecular formula is C8H6N6. The summed E-state index contributed by atoms with van der Waals surface area (Å²) < 4.78 is 1.72. The molecule has 0 spiro atoms. The lowest BCUT2D eigenvalue weighted by atomic mass is 10.3. The summed E-state index contributed by atoms with van der Waals surface area (Å²) in [5.41, 5.74) is 5.02. The fourth-order valence-corrected chi connectivity index (χ4v) is 1.33. The van der Waals surface area contributed by atoms with Crippen molar-refractivity contribution >= 4 is 17.9 Å². The Hall–Kier alpha value is -2.24. The molecule has 2 aromatic heterocycles. The maximum absolute atomic E-state index is 4.15. The zero-order valence-corrected chi connectivity index (χ0v) is 7.12. The van der Waals surface area contributed by atoms with Crippen molar-refractivity contribution in [2.75, 3.05) is 0 Å². The van der Waals surface area contributed by atoms with Crippen LogP contribution in [0.15, 0.2) is 23.6 Å². The van der Waals surface area contributed by atoms with Crippen LogP contribution in [0.2, 0.25) is 0 Å². The molecule has 1 aliphatic rings. The maximum atomic E-state index is 4.15. The summed E-state index contributed by atoms with van der Waals surface area (Å²) in [5.74, 6) is 0. The number of rotatable bonds is 0. The lowest BCUT2D eigenvalue weighted by Gasteiger charge is -1.99. The number of nitrogens with zero attached hydrogens (tertiary/aromatic N) is 5. The van der Waals surface area contributed by atoms with Gasteiger partial charge in [-0.15, -0.1) is 10.2 Å². The summed E-state index contributed by atoms with van der Waals surface area (Å²) in [6, 6.07) is 1.80. The second-order valence-electron chi connectivity index (χ2n) is 2.79. The first-order valence-electron chi connectivity index (χ1n) is 4.11. The summed E-state index contributed by atoms with van der Waals surface area (Å²) in [4.78, 5) is 0. The van der Waals surface area contributed by atoms with E-state index in [4.69, 9.17) is 0 Å². The monoisotopic (exact) mass is 186 g/mol. The van der Waals surface area contributed by atoms with Crippen LogP contribution in [0.3, 0.4) is 0 Å². The Morgan fingerprint density at radius 3 is 3.29 bits per heavy atom.